The fourth-order valence-corrected chi connectivity index (χ4v) is 2.51. The molecule has 0 atom stereocenters. The lowest BCUT2D eigenvalue weighted by atomic mass is 10.1. The van der Waals surface area contributed by atoms with E-state index in [2.05, 4.69) is 20.1 Å². The van der Waals surface area contributed by atoms with E-state index in [0.717, 1.165) is 36.6 Å². The van der Waals surface area contributed by atoms with Crippen LogP contribution in [0.2, 0.25) is 0 Å². The van der Waals surface area contributed by atoms with Crippen LogP contribution in [0.15, 0.2) is 30.3 Å². The molecule has 1 aliphatic heterocycles. The number of nitrogens with one attached hydrogen (secondary N) is 1. The van der Waals surface area contributed by atoms with E-state index in [-0.39, 0.29) is 5.91 Å². The van der Waals surface area contributed by atoms with Gasteiger partial charge in [-0.3, -0.25) is 4.79 Å². The quantitative estimate of drug-likeness (QED) is 0.871. The molecule has 108 valence electrons. The molecule has 1 amide bonds. The maximum atomic E-state index is 11.8. The number of hydrogen-bond donors (Lipinski definition) is 1. The number of hydrogen-bond acceptors (Lipinski definition) is 3. The third-order valence-corrected chi connectivity index (χ3v) is 3.58. The van der Waals surface area contributed by atoms with Crippen LogP contribution in [0.1, 0.15) is 29.2 Å². The fourth-order valence-electron chi connectivity index (χ4n) is 2.51. The first-order valence-electron chi connectivity index (χ1n) is 7.16. The number of aryl methyl sites for hydroxylation is 2. The molecule has 3 rings (SSSR count). The Labute approximate surface area is 123 Å². The molecule has 5 nitrogen and oxygen atoms in total. The fraction of sp³-hybridized carbons (Fsp3) is 0.312. The van der Waals surface area contributed by atoms with Crippen molar-refractivity contribution in [2.75, 3.05) is 0 Å². The molecule has 2 heterocycles. The maximum Gasteiger partial charge on any atom is 0.244 e. The van der Waals surface area contributed by atoms with Crippen LogP contribution in [0.3, 0.4) is 0 Å². The van der Waals surface area contributed by atoms with Crippen LogP contribution in [0.5, 0.6) is 0 Å². The molecule has 0 unspecified atom stereocenters. The minimum atomic E-state index is -0.119. The van der Waals surface area contributed by atoms with Crippen molar-refractivity contribution in [1.29, 1.82) is 0 Å². The largest absolute Gasteiger partial charge is 0.345 e. The first-order chi connectivity index (χ1) is 10.2. The lowest BCUT2D eigenvalue weighted by Gasteiger charge is -2.03. The maximum absolute atomic E-state index is 11.8. The Morgan fingerprint density at radius 1 is 1.43 bits per heavy atom. The van der Waals surface area contributed by atoms with Crippen LogP contribution in [0.25, 0.3) is 6.08 Å². The van der Waals surface area contributed by atoms with Gasteiger partial charge in [-0.15, -0.1) is 10.2 Å². The zero-order valence-electron chi connectivity index (χ0n) is 12.0. The molecule has 2 aromatic rings. The Hall–Kier alpha value is -2.43. The minimum absolute atomic E-state index is 0.119. The third-order valence-electron chi connectivity index (χ3n) is 3.58. The topological polar surface area (TPSA) is 59.8 Å². The monoisotopic (exact) mass is 282 g/mol. The number of benzene rings is 1. The number of aromatic nitrogens is 3. The summed E-state index contributed by atoms with van der Waals surface area (Å²) in [7, 11) is 0. The second-order valence-corrected chi connectivity index (χ2v) is 5.25. The van der Waals surface area contributed by atoms with Crippen molar-refractivity contribution in [2.24, 2.45) is 0 Å². The molecule has 0 saturated carbocycles. The molecular formula is C16H18N4O. The van der Waals surface area contributed by atoms with Crippen LogP contribution in [0.4, 0.5) is 0 Å². The summed E-state index contributed by atoms with van der Waals surface area (Å²) in [5.41, 5.74) is 2.20. The van der Waals surface area contributed by atoms with Gasteiger partial charge in [-0.2, -0.15) is 0 Å². The van der Waals surface area contributed by atoms with Crippen molar-refractivity contribution in [3.63, 3.8) is 0 Å². The van der Waals surface area contributed by atoms with Gasteiger partial charge in [-0.05, 0) is 25.0 Å². The summed E-state index contributed by atoms with van der Waals surface area (Å²) in [5.74, 6) is 1.74. The summed E-state index contributed by atoms with van der Waals surface area (Å²) in [6, 6.07) is 8.02. The molecule has 0 fully saturated rings. The molecule has 1 aromatic heterocycles. The average Bonchev–Trinajstić information content (AvgIpc) is 3.06. The zero-order valence-corrected chi connectivity index (χ0v) is 12.0. The highest BCUT2D eigenvalue weighted by Crippen LogP contribution is 2.13. The number of rotatable bonds is 4. The van der Waals surface area contributed by atoms with Crippen molar-refractivity contribution in [3.8, 4) is 0 Å². The van der Waals surface area contributed by atoms with E-state index in [0.29, 0.717) is 6.54 Å². The van der Waals surface area contributed by atoms with Gasteiger partial charge in [-0.1, -0.05) is 29.8 Å². The molecule has 0 spiro atoms. The first-order valence-corrected chi connectivity index (χ1v) is 7.16. The van der Waals surface area contributed by atoms with Gasteiger partial charge in [0.2, 0.25) is 5.91 Å². The van der Waals surface area contributed by atoms with Crippen molar-refractivity contribution in [1.82, 2.24) is 20.1 Å². The summed E-state index contributed by atoms with van der Waals surface area (Å²) in [4.78, 5) is 11.8. The van der Waals surface area contributed by atoms with E-state index < -0.39 is 0 Å². The Bertz CT molecular complexity index is 687. The lowest BCUT2D eigenvalue weighted by Crippen LogP contribution is -2.22. The van der Waals surface area contributed by atoms with Crippen molar-refractivity contribution >= 4 is 12.0 Å². The molecule has 5 heteroatoms. The molecule has 21 heavy (non-hydrogen) atoms. The summed E-state index contributed by atoms with van der Waals surface area (Å²) >= 11 is 0. The van der Waals surface area contributed by atoms with Gasteiger partial charge >= 0.3 is 0 Å². The lowest BCUT2D eigenvalue weighted by molar-refractivity contribution is -0.116. The molecule has 1 aliphatic rings. The highest BCUT2D eigenvalue weighted by Gasteiger charge is 2.16. The van der Waals surface area contributed by atoms with Gasteiger partial charge in [0.15, 0.2) is 5.82 Å². The van der Waals surface area contributed by atoms with Crippen LogP contribution in [-0.2, 0) is 24.3 Å². The Balaban J connectivity index is 1.57. The SMILES string of the molecule is Cc1cccc(/C=C/C(=O)NCc2nnc3n2CCC3)c1. The van der Waals surface area contributed by atoms with Crippen LogP contribution in [-0.4, -0.2) is 20.7 Å². The molecule has 0 bridgehead atoms. The minimum Gasteiger partial charge on any atom is -0.345 e. The van der Waals surface area contributed by atoms with E-state index in [1.165, 1.54) is 5.56 Å². The normalized spacial score (nSPS) is 13.6. The van der Waals surface area contributed by atoms with Gasteiger partial charge in [0.25, 0.3) is 0 Å². The van der Waals surface area contributed by atoms with Gasteiger partial charge in [0, 0.05) is 19.0 Å². The Kier molecular flexibility index (Phi) is 3.81. The van der Waals surface area contributed by atoms with Gasteiger partial charge in [-0.25, -0.2) is 0 Å². The smallest absolute Gasteiger partial charge is 0.244 e. The number of carbonyl (C=O) groups is 1. The van der Waals surface area contributed by atoms with Crippen molar-refractivity contribution in [2.45, 2.75) is 32.9 Å². The molecule has 1 N–H and O–H groups in total. The van der Waals surface area contributed by atoms with E-state index in [9.17, 15) is 4.79 Å². The Morgan fingerprint density at radius 3 is 3.19 bits per heavy atom. The number of carbonyl (C=O) groups excluding carboxylic acids is 1. The van der Waals surface area contributed by atoms with E-state index in [1.807, 2.05) is 37.3 Å². The second-order valence-electron chi connectivity index (χ2n) is 5.25. The summed E-state index contributed by atoms with van der Waals surface area (Å²) in [6.07, 6.45) is 5.46. The van der Waals surface area contributed by atoms with E-state index >= 15 is 0 Å². The second kappa shape index (κ2) is 5.91. The number of amides is 1. The number of fused-ring (bicyclic) bond motifs is 1. The molecule has 0 aliphatic carbocycles. The predicted octanol–water partition coefficient (Wildman–Crippen LogP) is 1.86. The molecule has 1 aromatic carbocycles. The Morgan fingerprint density at radius 2 is 2.33 bits per heavy atom. The van der Waals surface area contributed by atoms with E-state index in [4.69, 9.17) is 0 Å². The molecule has 0 radical (unpaired) electrons. The predicted molar refractivity (Wildman–Crippen MR) is 80.4 cm³/mol. The summed E-state index contributed by atoms with van der Waals surface area (Å²) < 4.78 is 2.09. The first kappa shape index (κ1) is 13.5. The van der Waals surface area contributed by atoms with Crippen molar-refractivity contribution in [3.05, 3.63) is 53.1 Å². The van der Waals surface area contributed by atoms with Crippen LogP contribution in [0, 0.1) is 6.92 Å². The summed E-state index contributed by atoms with van der Waals surface area (Å²) in [5, 5.41) is 11.1. The standard InChI is InChI=1S/C16H18N4O/c1-12-4-2-5-13(10-12)7-8-16(21)17-11-15-19-18-14-6-3-9-20(14)15/h2,4-5,7-8,10H,3,6,9,11H2,1H3,(H,17,21)/b8-7+. The van der Waals surface area contributed by atoms with Gasteiger partial charge in [0.1, 0.15) is 5.82 Å². The van der Waals surface area contributed by atoms with E-state index in [1.54, 1.807) is 6.08 Å². The average molecular weight is 282 g/mol. The van der Waals surface area contributed by atoms with Crippen LogP contribution >= 0.6 is 0 Å². The zero-order chi connectivity index (χ0) is 14.7. The summed E-state index contributed by atoms with van der Waals surface area (Å²) in [6.45, 7) is 3.40. The molecular weight excluding hydrogens is 264 g/mol. The highest BCUT2D eigenvalue weighted by atomic mass is 16.1. The van der Waals surface area contributed by atoms with Gasteiger partial charge in [0.05, 0.1) is 6.54 Å². The molecule has 0 saturated heterocycles. The van der Waals surface area contributed by atoms with Crippen LogP contribution < -0.4 is 5.32 Å². The number of nitrogens with zero attached hydrogens (tertiary/aromatic N) is 3. The van der Waals surface area contributed by atoms with Crippen molar-refractivity contribution < 1.29 is 4.79 Å². The van der Waals surface area contributed by atoms with Gasteiger partial charge < -0.3 is 9.88 Å². The third kappa shape index (κ3) is 3.18. The highest BCUT2D eigenvalue weighted by molar-refractivity contribution is 5.91.